The highest BCUT2D eigenvalue weighted by atomic mass is 32.2. The number of thioether (sulfide) groups is 1. The smallest absolute Gasteiger partial charge is 0.232 e. The number of aromatic nitrogens is 2. The molecular formula is C12H19N3O3S2. The molecule has 3 unspecified atom stereocenters. The molecule has 2 aliphatic heterocycles. The van der Waals surface area contributed by atoms with E-state index in [1.807, 2.05) is 11.8 Å². The van der Waals surface area contributed by atoms with Crippen molar-refractivity contribution in [2.24, 2.45) is 0 Å². The molecule has 1 N–H and O–H groups in total. The van der Waals surface area contributed by atoms with Crippen LogP contribution in [0.25, 0.3) is 0 Å². The van der Waals surface area contributed by atoms with Crippen LogP contribution in [0, 0.1) is 0 Å². The minimum atomic E-state index is -2.91. The van der Waals surface area contributed by atoms with Crippen LogP contribution in [0.2, 0.25) is 0 Å². The highest BCUT2D eigenvalue weighted by Gasteiger charge is 2.36. The number of hydrogen-bond donors (Lipinski definition) is 1. The molecule has 2 aliphatic rings. The largest absolute Gasteiger partial charge is 0.339 e. The summed E-state index contributed by atoms with van der Waals surface area (Å²) in [6.07, 6.45) is 0.608. The minimum Gasteiger partial charge on any atom is -0.339 e. The second-order valence-corrected chi connectivity index (χ2v) is 8.70. The molecule has 2 fully saturated rings. The van der Waals surface area contributed by atoms with Crippen molar-refractivity contribution in [1.82, 2.24) is 15.5 Å². The van der Waals surface area contributed by atoms with Gasteiger partial charge >= 0.3 is 0 Å². The van der Waals surface area contributed by atoms with Crippen molar-refractivity contribution >= 4 is 21.6 Å². The zero-order valence-corrected chi connectivity index (χ0v) is 13.0. The van der Waals surface area contributed by atoms with E-state index in [-0.39, 0.29) is 23.3 Å². The van der Waals surface area contributed by atoms with E-state index in [9.17, 15) is 8.42 Å². The number of nitrogens with zero attached hydrogens (tertiary/aromatic N) is 2. The highest BCUT2D eigenvalue weighted by Crippen LogP contribution is 2.34. The van der Waals surface area contributed by atoms with Crippen molar-refractivity contribution < 1.29 is 12.9 Å². The maximum atomic E-state index is 11.5. The van der Waals surface area contributed by atoms with Crippen LogP contribution in [0.4, 0.5) is 0 Å². The van der Waals surface area contributed by atoms with Gasteiger partial charge in [-0.15, -0.1) is 0 Å². The summed E-state index contributed by atoms with van der Waals surface area (Å²) in [5.74, 6) is 3.77. The average molecular weight is 317 g/mol. The summed E-state index contributed by atoms with van der Waals surface area (Å²) < 4.78 is 28.4. The summed E-state index contributed by atoms with van der Waals surface area (Å²) in [5.41, 5.74) is 0. The predicted molar refractivity (Wildman–Crippen MR) is 77.8 cm³/mol. The molecule has 0 aliphatic carbocycles. The lowest BCUT2D eigenvalue weighted by molar-refractivity contribution is 0.336. The molecule has 0 amide bonds. The molecule has 0 spiro atoms. The maximum absolute atomic E-state index is 11.5. The SMILES string of the molecule is CCNC1CSCC1c1nc(C2CCS(=O)(=O)C2)no1. The highest BCUT2D eigenvalue weighted by molar-refractivity contribution is 7.99. The third-order valence-corrected chi connectivity index (χ3v) is 6.88. The average Bonchev–Trinajstić information content (AvgIpc) is 3.07. The van der Waals surface area contributed by atoms with E-state index in [4.69, 9.17) is 4.52 Å². The fraction of sp³-hybridized carbons (Fsp3) is 0.833. The van der Waals surface area contributed by atoms with Crippen LogP contribution in [0.1, 0.15) is 36.9 Å². The third kappa shape index (κ3) is 2.87. The maximum Gasteiger partial charge on any atom is 0.232 e. The quantitative estimate of drug-likeness (QED) is 0.878. The first-order chi connectivity index (χ1) is 9.59. The Morgan fingerprint density at radius 1 is 1.45 bits per heavy atom. The van der Waals surface area contributed by atoms with Crippen LogP contribution in [0.15, 0.2) is 4.52 Å². The zero-order valence-electron chi connectivity index (χ0n) is 11.4. The Kier molecular flexibility index (Phi) is 4.05. The van der Waals surface area contributed by atoms with Crippen LogP contribution in [-0.2, 0) is 9.84 Å². The lowest BCUT2D eigenvalue weighted by atomic mass is 10.0. The Morgan fingerprint density at radius 3 is 3.00 bits per heavy atom. The van der Waals surface area contributed by atoms with Gasteiger partial charge in [0, 0.05) is 23.5 Å². The minimum absolute atomic E-state index is 0.0934. The van der Waals surface area contributed by atoms with Crippen LogP contribution in [-0.4, -0.2) is 54.2 Å². The molecule has 0 aromatic carbocycles. The Bertz CT molecular complexity index is 572. The Labute approximate surface area is 123 Å². The second kappa shape index (κ2) is 5.65. The molecule has 0 bridgehead atoms. The van der Waals surface area contributed by atoms with Crippen molar-refractivity contribution in [1.29, 1.82) is 0 Å². The number of sulfone groups is 1. The summed E-state index contributed by atoms with van der Waals surface area (Å²) >= 11 is 1.88. The van der Waals surface area contributed by atoms with Gasteiger partial charge in [0.1, 0.15) is 0 Å². The van der Waals surface area contributed by atoms with Crippen LogP contribution >= 0.6 is 11.8 Å². The van der Waals surface area contributed by atoms with E-state index in [0.29, 0.717) is 24.2 Å². The molecule has 3 rings (SSSR count). The van der Waals surface area contributed by atoms with Gasteiger partial charge in [0.25, 0.3) is 0 Å². The topological polar surface area (TPSA) is 85.1 Å². The van der Waals surface area contributed by atoms with Gasteiger partial charge in [-0.2, -0.15) is 16.7 Å². The summed E-state index contributed by atoms with van der Waals surface area (Å²) in [4.78, 5) is 4.48. The molecule has 1 aromatic rings. The molecule has 3 atom stereocenters. The molecule has 0 saturated carbocycles. The van der Waals surface area contributed by atoms with E-state index in [1.165, 1.54) is 0 Å². The van der Waals surface area contributed by atoms with Crippen molar-refractivity contribution in [3.63, 3.8) is 0 Å². The summed E-state index contributed by atoms with van der Waals surface area (Å²) in [5, 5.41) is 7.46. The fourth-order valence-electron chi connectivity index (χ4n) is 2.82. The van der Waals surface area contributed by atoms with Gasteiger partial charge in [-0.25, -0.2) is 8.42 Å². The van der Waals surface area contributed by atoms with E-state index in [1.54, 1.807) is 0 Å². The normalized spacial score (nSPS) is 32.8. The van der Waals surface area contributed by atoms with Crippen molar-refractivity contribution in [2.75, 3.05) is 29.6 Å². The van der Waals surface area contributed by atoms with Crippen LogP contribution in [0.5, 0.6) is 0 Å². The van der Waals surface area contributed by atoms with Crippen LogP contribution < -0.4 is 5.32 Å². The van der Waals surface area contributed by atoms with Gasteiger partial charge < -0.3 is 9.84 Å². The lowest BCUT2D eigenvalue weighted by Gasteiger charge is -2.15. The Balaban J connectivity index is 1.74. The molecular weight excluding hydrogens is 298 g/mol. The van der Waals surface area contributed by atoms with Gasteiger partial charge in [0.2, 0.25) is 5.89 Å². The zero-order chi connectivity index (χ0) is 14.2. The first-order valence-corrected chi connectivity index (χ1v) is 9.91. The number of rotatable bonds is 4. The first-order valence-electron chi connectivity index (χ1n) is 6.94. The van der Waals surface area contributed by atoms with E-state index >= 15 is 0 Å². The van der Waals surface area contributed by atoms with Gasteiger partial charge in [-0.1, -0.05) is 12.1 Å². The van der Waals surface area contributed by atoms with Crippen molar-refractivity contribution in [3.05, 3.63) is 11.7 Å². The Morgan fingerprint density at radius 2 is 2.30 bits per heavy atom. The van der Waals surface area contributed by atoms with Gasteiger partial charge in [0.05, 0.1) is 17.4 Å². The molecule has 2 saturated heterocycles. The summed E-state index contributed by atoms with van der Waals surface area (Å²) in [7, 11) is -2.91. The molecule has 0 radical (unpaired) electrons. The summed E-state index contributed by atoms with van der Waals surface area (Å²) in [6.45, 7) is 3.01. The van der Waals surface area contributed by atoms with Crippen LogP contribution in [0.3, 0.4) is 0 Å². The third-order valence-electron chi connectivity index (χ3n) is 3.92. The van der Waals surface area contributed by atoms with Crippen molar-refractivity contribution in [2.45, 2.75) is 31.2 Å². The number of likely N-dealkylation sites (N-methyl/N-ethyl adjacent to an activating group) is 1. The van der Waals surface area contributed by atoms with Gasteiger partial charge in [-0.05, 0) is 13.0 Å². The summed E-state index contributed by atoms with van der Waals surface area (Å²) in [6, 6.07) is 0.366. The molecule has 1 aromatic heterocycles. The van der Waals surface area contributed by atoms with Gasteiger partial charge in [-0.3, -0.25) is 0 Å². The molecule has 8 heteroatoms. The molecule has 20 heavy (non-hydrogen) atoms. The van der Waals surface area contributed by atoms with Crippen molar-refractivity contribution in [3.8, 4) is 0 Å². The Hall–Kier alpha value is -0.600. The predicted octanol–water partition coefficient (Wildman–Crippen LogP) is 0.780. The fourth-order valence-corrected chi connectivity index (χ4v) is 5.93. The van der Waals surface area contributed by atoms with E-state index in [2.05, 4.69) is 22.4 Å². The van der Waals surface area contributed by atoms with E-state index < -0.39 is 9.84 Å². The number of nitrogens with one attached hydrogen (secondary N) is 1. The lowest BCUT2D eigenvalue weighted by Crippen LogP contribution is -2.34. The van der Waals surface area contributed by atoms with E-state index in [0.717, 1.165) is 18.1 Å². The standard InChI is InChI=1S/C12H19N3O3S2/c1-2-13-10-6-19-5-9(10)12-14-11(15-18-12)8-3-4-20(16,17)7-8/h8-10,13H,2-7H2,1H3. The molecule has 6 nitrogen and oxygen atoms in total. The number of hydrogen-bond acceptors (Lipinski definition) is 7. The molecule has 3 heterocycles. The molecule has 112 valence electrons. The van der Waals surface area contributed by atoms with Gasteiger partial charge in [0.15, 0.2) is 15.7 Å². The first kappa shape index (κ1) is 14.3. The monoisotopic (exact) mass is 317 g/mol. The second-order valence-electron chi connectivity index (χ2n) is 5.40.